The quantitative estimate of drug-likeness (QED) is 0.0357. The van der Waals surface area contributed by atoms with Crippen molar-refractivity contribution in [2.45, 2.75) is 212 Å². The molecule has 50 heavy (non-hydrogen) atoms. The van der Waals surface area contributed by atoms with Gasteiger partial charge in [-0.05, 0) is 12.8 Å². The average Bonchev–Trinajstić information content (AvgIpc) is 3.06. The lowest BCUT2D eigenvalue weighted by Crippen LogP contribution is -2.55. The molecular weight excluding hydrogens is 630 g/mol. The molecule has 2 unspecified atom stereocenters. The minimum absolute atomic E-state index is 0.0482. The van der Waals surface area contributed by atoms with Gasteiger partial charge >= 0.3 is 11.9 Å². The van der Waals surface area contributed by atoms with E-state index in [0.29, 0.717) is 12.8 Å². The Hall–Kier alpha value is -1.67. The largest absolute Gasteiger partial charge is 0.544 e. The highest BCUT2D eigenvalue weighted by atomic mass is 16.6. The Morgan fingerprint density at radius 1 is 0.520 bits per heavy atom. The Bertz CT molecular complexity index is 797. The summed E-state index contributed by atoms with van der Waals surface area (Å²) in [6.45, 7) is 4.65. The number of unbranched alkanes of at least 4 members (excludes halogenated alkanes) is 24. The number of carbonyl (C=O) groups is 3. The van der Waals surface area contributed by atoms with Crippen molar-refractivity contribution < 1.29 is 38.2 Å². The Labute approximate surface area is 308 Å². The zero-order valence-corrected chi connectivity index (χ0v) is 33.6. The zero-order chi connectivity index (χ0) is 37.1. The SMILES string of the molecule is CCCCCCCCCCCCCCCCCCCCC(=O)OCC(COCCC(C(=O)[O-])[N+](C)(C)C)OC(=O)CCCCCCCCCC. The lowest BCUT2D eigenvalue weighted by molar-refractivity contribution is -0.889. The molecule has 0 aliphatic rings. The molecule has 0 heterocycles. The topological polar surface area (TPSA) is 102 Å². The van der Waals surface area contributed by atoms with Crippen molar-refractivity contribution >= 4 is 17.9 Å². The summed E-state index contributed by atoms with van der Waals surface area (Å²) in [5.41, 5.74) is 0. The molecule has 0 aromatic heterocycles. The number of likely N-dealkylation sites (N-methyl/N-ethyl adjacent to an activating group) is 1. The summed E-state index contributed by atoms with van der Waals surface area (Å²) >= 11 is 0. The van der Waals surface area contributed by atoms with Crippen LogP contribution in [-0.4, -0.2) is 75.5 Å². The number of ether oxygens (including phenoxy) is 3. The first-order valence-electron chi connectivity index (χ1n) is 21.1. The van der Waals surface area contributed by atoms with Crippen LogP contribution in [0.4, 0.5) is 0 Å². The number of rotatable bonds is 38. The molecule has 0 aliphatic heterocycles. The second-order valence-corrected chi connectivity index (χ2v) is 15.6. The molecule has 0 aliphatic carbocycles. The van der Waals surface area contributed by atoms with Gasteiger partial charge in [-0.3, -0.25) is 9.59 Å². The van der Waals surface area contributed by atoms with Crippen molar-refractivity contribution in [2.75, 3.05) is 41.0 Å². The van der Waals surface area contributed by atoms with Crippen LogP contribution >= 0.6 is 0 Å². The van der Waals surface area contributed by atoms with Crippen LogP contribution in [0.15, 0.2) is 0 Å². The third-order valence-electron chi connectivity index (χ3n) is 9.74. The number of carboxylic acid groups (broad SMARTS) is 1. The van der Waals surface area contributed by atoms with Gasteiger partial charge in [0.05, 0.1) is 40.3 Å². The Kier molecular flexibility index (Phi) is 33.3. The van der Waals surface area contributed by atoms with Crippen molar-refractivity contribution in [3.8, 4) is 0 Å². The van der Waals surface area contributed by atoms with Crippen molar-refractivity contribution in [3.05, 3.63) is 0 Å². The highest BCUT2D eigenvalue weighted by Gasteiger charge is 2.25. The predicted molar refractivity (Wildman–Crippen MR) is 204 cm³/mol. The van der Waals surface area contributed by atoms with Gasteiger partial charge in [-0.1, -0.05) is 168 Å². The Morgan fingerprint density at radius 3 is 1.24 bits per heavy atom. The van der Waals surface area contributed by atoms with Gasteiger partial charge in [0.15, 0.2) is 6.10 Å². The molecule has 0 aromatic carbocycles. The molecule has 0 radical (unpaired) electrons. The number of hydrogen-bond donors (Lipinski definition) is 0. The summed E-state index contributed by atoms with van der Waals surface area (Å²) in [6.07, 6.45) is 32.8. The molecule has 296 valence electrons. The summed E-state index contributed by atoms with van der Waals surface area (Å²) < 4.78 is 17.1. The number of hydrogen-bond acceptors (Lipinski definition) is 7. The average molecular weight is 712 g/mol. The van der Waals surface area contributed by atoms with Gasteiger partial charge in [-0.15, -0.1) is 0 Å². The van der Waals surface area contributed by atoms with E-state index in [4.69, 9.17) is 14.2 Å². The summed E-state index contributed by atoms with van der Waals surface area (Å²) in [5.74, 6) is -1.72. The van der Waals surface area contributed by atoms with Crippen LogP contribution in [0, 0.1) is 0 Å². The van der Waals surface area contributed by atoms with E-state index >= 15 is 0 Å². The summed E-state index contributed by atoms with van der Waals surface area (Å²) in [6, 6.07) is -0.717. The fourth-order valence-electron chi connectivity index (χ4n) is 6.42. The second-order valence-electron chi connectivity index (χ2n) is 15.6. The van der Waals surface area contributed by atoms with E-state index in [1.54, 1.807) is 21.1 Å². The smallest absolute Gasteiger partial charge is 0.306 e. The molecule has 8 heteroatoms. The number of carbonyl (C=O) groups excluding carboxylic acids is 3. The Morgan fingerprint density at radius 2 is 0.880 bits per heavy atom. The number of nitrogens with zero attached hydrogens (tertiary/aromatic N) is 1. The van der Waals surface area contributed by atoms with E-state index < -0.39 is 18.1 Å². The van der Waals surface area contributed by atoms with Crippen LogP contribution in [0.1, 0.15) is 200 Å². The van der Waals surface area contributed by atoms with E-state index in [0.717, 1.165) is 38.5 Å². The van der Waals surface area contributed by atoms with E-state index in [2.05, 4.69) is 13.8 Å². The monoisotopic (exact) mass is 712 g/mol. The highest BCUT2D eigenvalue weighted by Crippen LogP contribution is 2.16. The molecule has 0 aromatic rings. The molecule has 0 rings (SSSR count). The number of carboxylic acids is 1. The van der Waals surface area contributed by atoms with Crippen LogP contribution in [0.2, 0.25) is 0 Å². The maximum atomic E-state index is 12.6. The van der Waals surface area contributed by atoms with Gasteiger partial charge in [0.1, 0.15) is 12.6 Å². The van der Waals surface area contributed by atoms with Gasteiger partial charge < -0.3 is 28.6 Å². The van der Waals surface area contributed by atoms with Crippen LogP contribution < -0.4 is 5.11 Å². The molecule has 8 nitrogen and oxygen atoms in total. The predicted octanol–water partition coefficient (Wildman–Crippen LogP) is 9.64. The van der Waals surface area contributed by atoms with E-state index in [9.17, 15) is 19.5 Å². The second kappa shape index (κ2) is 34.4. The van der Waals surface area contributed by atoms with Crippen molar-refractivity contribution in [1.82, 2.24) is 0 Å². The first-order valence-corrected chi connectivity index (χ1v) is 21.1. The van der Waals surface area contributed by atoms with Crippen LogP contribution in [0.25, 0.3) is 0 Å². The maximum absolute atomic E-state index is 12.6. The normalized spacial score (nSPS) is 12.9. The van der Waals surface area contributed by atoms with Crippen LogP contribution in [0.3, 0.4) is 0 Å². The molecule has 0 fully saturated rings. The zero-order valence-electron chi connectivity index (χ0n) is 33.6. The third-order valence-corrected chi connectivity index (χ3v) is 9.74. The van der Waals surface area contributed by atoms with Crippen molar-refractivity contribution in [1.29, 1.82) is 0 Å². The van der Waals surface area contributed by atoms with Gasteiger partial charge in [-0.2, -0.15) is 0 Å². The minimum atomic E-state index is -1.12. The van der Waals surface area contributed by atoms with Crippen molar-refractivity contribution in [3.63, 3.8) is 0 Å². The minimum Gasteiger partial charge on any atom is -0.544 e. The lowest BCUT2D eigenvalue weighted by Gasteiger charge is -2.34. The van der Waals surface area contributed by atoms with E-state index in [1.807, 2.05) is 0 Å². The molecule has 0 N–H and O–H groups in total. The summed E-state index contributed by atoms with van der Waals surface area (Å²) in [5, 5.41) is 11.6. The van der Waals surface area contributed by atoms with Crippen LogP contribution in [-0.2, 0) is 28.6 Å². The molecule has 0 amide bonds. The number of quaternary nitrogens is 1. The van der Waals surface area contributed by atoms with E-state index in [1.165, 1.54) is 128 Å². The molecule has 0 bridgehead atoms. The number of aliphatic carboxylic acids is 1. The maximum Gasteiger partial charge on any atom is 0.306 e. The van der Waals surface area contributed by atoms with Gasteiger partial charge in [0.2, 0.25) is 0 Å². The van der Waals surface area contributed by atoms with Crippen molar-refractivity contribution in [2.24, 2.45) is 0 Å². The van der Waals surface area contributed by atoms with Gasteiger partial charge in [-0.25, -0.2) is 0 Å². The van der Waals surface area contributed by atoms with Crippen LogP contribution in [0.5, 0.6) is 0 Å². The van der Waals surface area contributed by atoms with Gasteiger partial charge in [0.25, 0.3) is 0 Å². The highest BCUT2D eigenvalue weighted by molar-refractivity contribution is 5.70. The molecule has 0 spiro atoms. The van der Waals surface area contributed by atoms with Gasteiger partial charge in [0, 0.05) is 19.3 Å². The third kappa shape index (κ3) is 32.3. The molecular formula is C42H81NO7. The fourth-order valence-corrected chi connectivity index (χ4v) is 6.42. The summed E-state index contributed by atoms with van der Waals surface area (Å²) in [7, 11) is 5.41. The first-order chi connectivity index (χ1) is 24.1. The first kappa shape index (κ1) is 48.3. The molecule has 2 atom stereocenters. The molecule has 0 saturated heterocycles. The Balaban J connectivity index is 4.20. The fraction of sp³-hybridized carbons (Fsp3) is 0.929. The van der Waals surface area contributed by atoms with E-state index in [-0.39, 0.29) is 42.7 Å². The lowest BCUT2D eigenvalue weighted by atomic mass is 10.0. The number of esters is 2. The molecule has 0 saturated carbocycles. The standard InChI is InChI=1S/C42H81NO7/c1-6-8-10-12-14-16-17-18-19-20-21-22-23-24-25-27-28-30-32-40(44)49-37-38(36-48-35-34-39(42(46)47)43(3,4)5)50-41(45)33-31-29-26-15-13-11-9-7-2/h38-39H,6-37H2,1-5H3. The summed E-state index contributed by atoms with van der Waals surface area (Å²) in [4.78, 5) is 36.6.